The van der Waals surface area contributed by atoms with Gasteiger partial charge in [-0.15, -0.1) is 19.7 Å². The second-order valence-corrected chi connectivity index (χ2v) is 3.39. The van der Waals surface area contributed by atoms with Crippen LogP contribution in [0.15, 0.2) is 88.6 Å². The van der Waals surface area contributed by atoms with Crippen LogP contribution in [0.1, 0.15) is 20.8 Å². The monoisotopic (exact) mass is 414 g/mol. The van der Waals surface area contributed by atoms with Crippen molar-refractivity contribution < 1.29 is 39.6 Å². The van der Waals surface area contributed by atoms with Gasteiger partial charge in [-0.25, -0.2) is 19.2 Å². The predicted molar refractivity (Wildman–Crippen MR) is 119 cm³/mol. The summed E-state index contributed by atoms with van der Waals surface area (Å²) in [4.78, 5) is 37.0. The zero-order chi connectivity index (χ0) is 25.3. The average molecular weight is 414 g/mol. The molecular formula is C21H34O8. The van der Waals surface area contributed by atoms with E-state index in [4.69, 9.17) is 20.4 Å². The molecule has 0 unspecified atom stereocenters. The van der Waals surface area contributed by atoms with Gasteiger partial charge in [0.15, 0.2) is 0 Å². The van der Waals surface area contributed by atoms with Gasteiger partial charge in [-0.3, -0.25) is 0 Å². The summed E-state index contributed by atoms with van der Waals surface area (Å²) in [5.41, 5.74) is 0. The zero-order valence-electron chi connectivity index (χ0n) is 17.4. The molecule has 0 aliphatic rings. The molecule has 0 aliphatic heterocycles. The summed E-state index contributed by atoms with van der Waals surface area (Å²) < 4.78 is 0. The lowest BCUT2D eigenvalue weighted by atomic mass is 10.7. The van der Waals surface area contributed by atoms with Crippen molar-refractivity contribution >= 4 is 23.9 Å². The molecule has 0 spiro atoms. The van der Waals surface area contributed by atoms with Gasteiger partial charge in [-0.1, -0.05) is 44.5 Å². The van der Waals surface area contributed by atoms with Crippen molar-refractivity contribution in [2.24, 2.45) is 0 Å². The molecule has 0 saturated carbocycles. The minimum atomic E-state index is -0.981. The van der Waals surface area contributed by atoms with E-state index in [0.717, 1.165) is 24.3 Å². The number of allylic oxidation sites excluding steroid dienone is 3. The lowest BCUT2D eigenvalue weighted by Crippen LogP contribution is -1.82. The highest BCUT2D eigenvalue weighted by atomic mass is 16.4. The maximum atomic E-state index is 9.25. The maximum absolute atomic E-state index is 9.25. The highest BCUT2D eigenvalue weighted by Gasteiger charge is 1.74. The first kappa shape index (κ1) is 44.5. The third kappa shape index (κ3) is 710. The number of carboxylic acids is 4. The molecule has 0 radical (unpaired) electrons. The van der Waals surface area contributed by atoms with Crippen molar-refractivity contribution in [1.82, 2.24) is 0 Å². The molecule has 8 nitrogen and oxygen atoms in total. The molecule has 0 aromatic carbocycles. The lowest BCUT2D eigenvalue weighted by molar-refractivity contribution is -0.132. The number of hydrogen-bond donors (Lipinski definition) is 4. The molecule has 166 valence electrons. The van der Waals surface area contributed by atoms with Gasteiger partial charge in [-0.2, -0.15) is 0 Å². The Morgan fingerprint density at radius 2 is 0.483 bits per heavy atom. The van der Waals surface area contributed by atoms with Crippen LogP contribution in [-0.4, -0.2) is 44.3 Å². The standard InChI is InChI=1S/4C3H4O2.3C3H6/c4*1-2-3(4)5;3*1-3-2/h4*2H,1H2,(H,4,5);3*3H,1H2,2H3. The van der Waals surface area contributed by atoms with E-state index in [-0.39, 0.29) is 0 Å². The summed E-state index contributed by atoms with van der Waals surface area (Å²) in [7, 11) is 0. The quantitative estimate of drug-likeness (QED) is 0.385. The Morgan fingerprint density at radius 1 is 0.448 bits per heavy atom. The first-order valence-corrected chi connectivity index (χ1v) is 7.46. The van der Waals surface area contributed by atoms with Crippen LogP contribution < -0.4 is 0 Å². The molecular weight excluding hydrogens is 380 g/mol. The van der Waals surface area contributed by atoms with Gasteiger partial charge >= 0.3 is 23.9 Å². The van der Waals surface area contributed by atoms with E-state index in [1.54, 1.807) is 18.2 Å². The van der Waals surface area contributed by atoms with Crippen LogP contribution >= 0.6 is 0 Å². The Balaban J connectivity index is -0.0000000395. The van der Waals surface area contributed by atoms with Crippen molar-refractivity contribution in [3.8, 4) is 0 Å². The molecule has 0 amide bonds. The average Bonchev–Trinajstić information content (AvgIpc) is 2.65. The second-order valence-electron chi connectivity index (χ2n) is 3.39. The number of rotatable bonds is 4. The van der Waals surface area contributed by atoms with Gasteiger partial charge in [-0.05, 0) is 20.8 Å². The van der Waals surface area contributed by atoms with Crippen LogP contribution in [0.2, 0.25) is 0 Å². The Labute approximate surface area is 173 Å². The number of aliphatic carboxylic acids is 4. The Morgan fingerprint density at radius 3 is 0.483 bits per heavy atom. The topological polar surface area (TPSA) is 149 Å². The summed E-state index contributed by atoms with van der Waals surface area (Å²) >= 11 is 0. The van der Waals surface area contributed by atoms with Crippen LogP contribution in [-0.2, 0) is 19.2 Å². The van der Waals surface area contributed by atoms with Gasteiger partial charge in [0, 0.05) is 24.3 Å². The van der Waals surface area contributed by atoms with Gasteiger partial charge in [0.1, 0.15) is 0 Å². The van der Waals surface area contributed by atoms with Crippen LogP contribution in [0.25, 0.3) is 0 Å². The van der Waals surface area contributed by atoms with E-state index < -0.39 is 23.9 Å². The Hall–Kier alpha value is -3.94. The molecule has 0 saturated heterocycles. The molecule has 8 heteroatoms. The zero-order valence-corrected chi connectivity index (χ0v) is 17.4. The van der Waals surface area contributed by atoms with Crippen LogP contribution in [0.5, 0.6) is 0 Å². The van der Waals surface area contributed by atoms with Crippen LogP contribution in [0.4, 0.5) is 0 Å². The van der Waals surface area contributed by atoms with Crippen molar-refractivity contribution in [3.05, 3.63) is 88.6 Å². The largest absolute Gasteiger partial charge is 0.478 e. The summed E-state index contributed by atoms with van der Waals surface area (Å²) in [6.07, 6.45) is 8.58. The number of carboxylic acid groups (broad SMARTS) is 4. The molecule has 0 aromatic rings. The minimum Gasteiger partial charge on any atom is -0.478 e. The highest BCUT2D eigenvalue weighted by molar-refractivity contribution is 5.79. The minimum absolute atomic E-state index is 0.833. The molecule has 0 rings (SSSR count). The van der Waals surface area contributed by atoms with Gasteiger partial charge in [0.2, 0.25) is 0 Å². The third-order valence-corrected chi connectivity index (χ3v) is 0.698. The van der Waals surface area contributed by atoms with Crippen molar-refractivity contribution in [2.75, 3.05) is 0 Å². The van der Waals surface area contributed by atoms with Crippen LogP contribution in [0, 0.1) is 0 Å². The Bertz CT molecular complexity index is 403. The fourth-order valence-corrected chi connectivity index (χ4v) is 0. The molecule has 0 fully saturated rings. The second kappa shape index (κ2) is 56.4. The molecule has 0 bridgehead atoms. The molecule has 0 aromatic heterocycles. The first-order valence-electron chi connectivity index (χ1n) is 7.46. The van der Waals surface area contributed by atoms with E-state index in [1.165, 1.54) is 0 Å². The van der Waals surface area contributed by atoms with Gasteiger partial charge in [0.05, 0.1) is 0 Å². The summed E-state index contributed by atoms with van der Waals surface area (Å²) in [5.74, 6) is -3.93. The normalized spacial score (nSPS) is 5.76. The Kier molecular flexibility index (Phi) is 86.5. The van der Waals surface area contributed by atoms with Crippen molar-refractivity contribution in [3.63, 3.8) is 0 Å². The van der Waals surface area contributed by atoms with E-state index >= 15 is 0 Å². The highest BCUT2D eigenvalue weighted by Crippen LogP contribution is 1.56. The van der Waals surface area contributed by atoms with Crippen LogP contribution in [0.3, 0.4) is 0 Å². The number of hydrogen-bond acceptors (Lipinski definition) is 4. The molecule has 0 atom stereocenters. The molecule has 0 aliphatic carbocycles. The van der Waals surface area contributed by atoms with Gasteiger partial charge in [0.25, 0.3) is 0 Å². The fourth-order valence-electron chi connectivity index (χ4n) is 0. The smallest absolute Gasteiger partial charge is 0.327 e. The summed E-state index contributed by atoms with van der Waals surface area (Å²) in [6, 6.07) is 0. The number of carbonyl (C=O) groups is 4. The van der Waals surface area contributed by atoms with E-state index in [2.05, 4.69) is 46.1 Å². The molecule has 0 heterocycles. The maximum Gasteiger partial charge on any atom is 0.327 e. The predicted octanol–water partition coefficient (Wildman–Crippen LogP) is 4.60. The van der Waals surface area contributed by atoms with Crippen molar-refractivity contribution in [1.29, 1.82) is 0 Å². The molecule has 29 heavy (non-hydrogen) atoms. The SMILES string of the molecule is C=CC.C=CC.C=CC.C=CC(=O)O.C=CC(=O)O.C=CC(=O)O.C=CC(=O)O. The van der Waals surface area contributed by atoms with E-state index in [0.29, 0.717) is 0 Å². The summed E-state index contributed by atoms with van der Waals surface area (Å²) in [5, 5.41) is 30.4. The van der Waals surface area contributed by atoms with Gasteiger partial charge < -0.3 is 20.4 Å². The third-order valence-electron chi connectivity index (χ3n) is 0.698. The first-order chi connectivity index (χ1) is 13.3. The van der Waals surface area contributed by atoms with Crippen molar-refractivity contribution in [2.45, 2.75) is 20.8 Å². The summed E-state index contributed by atoms with van der Waals surface area (Å²) in [6.45, 7) is 27.6. The lowest BCUT2D eigenvalue weighted by Gasteiger charge is -1.64. The molecule has 4 N–H and O–H groups in total. The van der Waals surface area contributed by atoms with E-state index in [1.807, 2.05) is 20.8 Å². The fraction of sp³-hybridized carbons (Fsp3) is 0.143. The van der Waals surface area contributed by atoms with E-state index in [9.17, 15) is 19.2 Å².